The minimum Gasteiger partial charge on any atom is -0.454 e. The van der Waals surface area contributed by atoms with E-state index in [4.69, 9.17) is 4.74 Å². The Morgan fingerprint density at radius 3 is 2.17 bits per heavy atom. The Morgan fingerprint density at radius 2 is 1.52 bits per heavy atom. The summed E-state index contributed by atoms with van der Waals surface area (Å²) in [6, 6.07) is 26.5. The van der Waals surface area contributed by atoms with E-state index in [0.29, 0.717) is 23.7 Å². The van der Waals surface area contributed by atoms with Crippen molar-refractivity contribution in [3.63, 3.8) is 0 Å². The normalized spacial score (nSPS) is 13.6. The number of rotatable bonds is 10. The van der Waals surface area contributed by atoms with Crippen LogP contribution in [0.25, 0.3) is 0 Å². The number of carbonyl (C=O) groups excluding carboxylic acids is 2. The highest BCUT2D eigenvalue weighted by Gasteiger charge is 2.26. The molecule has 3 aromatic carbocycles. The van der Waals surface area contributed by atoms with E-state index < -0.39 is 17.5 Å². The first kappa shape index (κ1) is 28.8. The third kappa shape index (κ3) is 6.60. The molecule has 1 saturated heterocycles. The van der Waals surface area contributed by atoms with Crippen LogP contribution in [-0.4, -0.2) is 40.9 Å². The molecule has 0 radical (unpaired) electrons. The summed E-state index contributed by atoms with van der Waals surface area (Å²) in [5, 5.41) is 11.5. The van der Waals surface area contributed by atoms with E-state index in [1.165, 1.54) is 17.7 Å². The highest BCUT2D eigenvalue weighted by molar-refractivity contribution is 6.02. The van der Waals surface area contributed by atoms with Gasteiger partial charge in [0.05, 0.1) is 16.2 Å². The first-order valence-electron chi connectivity index (χ1n) is 14.3. The van der Waals surface area contributed by atoms with Gasteiger partial charge in [0.1, 0.15) is 0 Å². The van der Waals surface area contributed by atoms with Gasteiger partial charge in [0.25, 0.3) is 5.69 Å². The Morgan fingerprint density at radius 1 is 0.881 bits per heavy atom. The number of ketones is 1. The number of hydrogen-bond acceptors (Lipinski definition) is 6. The van der Waals surface area contributed by atoms with Crippen LogP contribution in [0.2, 0.25) is 0 Å². The van der Waals surface area contributed by atoms with E-state index in [9.17, 15) is 19.7 Å². The van der Waals surface area contributed by atoms with Gasteiger partial charge in [-0.15, -0.1) is 0 Å². The van der Waals surface area contributed by atoms with Crippen LogP contribution in [0.4, 0.5) is 11.4 Å². The minimum absolute atomic E-state index is 0.105. The third-order valence-electron chi connectivity index (χ3n) is 8.13. The van der Waals surface area contributed by atoms with Crippen molar-refractivity contribution in [2.45, 2.75) is 39.7 Å². The van der Waals surface area contributed by atoms with E-state index in [1.807, 2.05) is 68.4 Å². The molecule has 0 unspecified atom stereocenters. The Labute approximate surface area is 245 Å². The summed E-state index contributed by atoms with van der Waals surface area (Å²) in [6.45, 7) is 5.45. The molecule has 1 aliphatic rings. The van der Waals surface area contributed by atoms with Crippen molar-refractivity contribution in [2.24, 2.45) is 5.92 Å². The van der Waals surface area contributed by atoms with Gasteiger partial charge in [0.2, 0.25) is 5.78 Å². The molecule has 1 aliphatic heterocycles. The highest BCUT2D eigenvalue weighted by atomic mass is 16.6. The predicted octanol–water partition coefficient (Wildman–Crippen LogP) is 6.56. The third-order valence-corrected chi connectivity index (χ3v) is 8.13. The van der Waals surface area contributed by atoms with Gasteiger partial charge in [-0.05, 0) is 62.3 Å². The number of nitrogens with zero attached hydrogens (tertiary/aromatic N) is 3. The van der Waals surface area contributed by atoms with Gasteiger partial charge >= 0.3 is 5.97 Å². The van der Waals surface area contributed by atoms with Crippen LogP contribution in [0, 0.1) is 29.9 Å². The predicted molar refractivity (Wildman–Crippen MR) is 162 cm³/mol. The lowest BCUT2D eigenvalue weighted by Crippen LogP contribution is -2.35. The van der Waals surface area contributed by atoms with Crippen molar-refractivity contribution in [3.05, 3.63) is 129 Å². The number of piperidine rings is 1. The Bertz CT molecular complexity index is 1570. The first-order chi connectivity index (χ1) is 20.3. The number of non-ortho nitro benzene ring substituents is 1. The molecule has 0 amide bonds. The minimum atomic E-state index is -0.744. The molecular formula is C34H35N3O5. The summed E-state index contributed by atoms with van der Waals surface area (Å²) in [7, 11) is 0. The average Bonchev–Trinajstić information content (AvgIpc) is 3.29. The fraction of sp³-hybridized carbons (Fsp3) is 0.294. The summed E-state index contributed by atoms with van der Waals surface area (Å²) < 4.78 is 7.55. The molecule has 0 spiro atoms. The van der Waals surface area contributed by atoms with Crippen LogP contribution < -0.4 is 4.90 Å². The number of ether oxygens (including phenoxy) is 1. The van der Waals surface area contributed by atoms with Gasteiger partial charge in [-0.25, -0.2) is 4.79 Å². The molecule has 0 atom stereocenters. The molecule has 216 valence electrons. The molecule has 4 aromatic rings. The quantitative estimate of drug-likeness (QED) is 0.0935. The first-order valence-corrected chi connectivity index (χ1v) is 14.3. The summed E-state index contributed by atoms with van der Waals surface area (Å²) >= 11 is 0. The molecule has 1 aromatic heterocycles. The Hall–Kier alpha value is -4.72. The number of carbonyl (C=O) groups is 2. The number of anilines is 1. The number of benzene rings is 3. The second-order valence-electron chi connectivity index (χ2n) is 10.9. The molecule has 0 N–H and O–H groups in total. The monoisotopic (exact) mass is 565 g/mol. The molecule has 8 heteroatoms. The van der Waals surface area contributed by atoms with Gasteiger partial charge in [-0.2, -0.15) is 0 Å². The summed E-state index contributed by atoms with van der Waals surface area (Å²) in [6.07, 6.45) is 2.88. The van der Waals surface area contributed by atoms with E-state index >= 15 is 0 Å². The van der Waals surface area contributed by atoms with E-state index in [-0.39, 0.29) is 17.0 Å². The molecular weight excluding hydrogens is 530 g/mol. The fourth-order valence-electron chi connectivity index (χ4n) is 5.78. The lowest BCUT2D eigenvalue weighted by atomic mass is 9.90. The van der Waals surface area contributed by atoms with Crippen molar-refractivity contribution < 1.29 is 19.2 Å². The highest BCUT2D eigenvalue weighted by Crippen LogP contribution is 2.31. The molecule has 0 saturated carbocycles. The zero-order valence-electron chi connectivity index (χ0n) is 24.0. The SMILES string of the molecule is Cc1cc(C(=O)COC(=O)c2cc([N+](=O)[O-])ccc2N2CCC(Cc3ccccc3)CC2)c(C)n1Cc1ccccc1. The zero-order chi connectivity index (χ0) is 29.6. The van der Waals surface area contributed by atoms with Crippen LogP contribution in [-0.2, 0) is 17.7 Å². The van der Waals surface area contributed by atoms with Crippen LogP contribution >= 0.6 is 0 Å². The molecule has 1 fully saturated rings. The van der Waals surface area contributed by atoms with Crippen molar-refractivity contribution in [2.75, 3.05) is 24.6 Å². The van der Waals surface area contributed by atoms with Crippen molar-refractivity contribution >= 4 is 23.1 Å². The molecule has 42 heavy (non-hydrogen) atoms. The van der Waals surface area contributed by atoms with Gasteiger partial charge in [-0.3, -0.25) is 14.9 Å². The largest absolute Gasteiger partial charge is 0.454 e. The lowest BCUT2D eigenvalue weighted by Gasteiger charge is -2.34. The topological polar surface area (TPSA) is 94.7 Å². The standard InChI is InChI=1S/C34H35N3O5/c1-24-19-30(25(2)36(24)22-28-11-7-4-8-12-28)33(38)23-42-34(39)31-21-29(37(40)41)13-14-32(31)35-17-15-27(16-18-35)20-26-9-5-3-6-10-26/h3-14,19,21,27H,15-18,20,22-23H2,1-2H3. The molecule has 8 nitrogen and oxygen atoms in total. The van der Waals surface area contributed by atoms with Crippen molar-refractivity contribution in [1.82, 2.24) is 4.57 Å². The second-order valence-corrected chi connectivity index (χ2v) is 10.9. The molecule has 0 bridgehead atoms. The number of aryl methyl sites for hydroxylation is 1. The van der Waals surface area contributed by atoms with Crippen LogP contribution in [0.1, 0.15) is 56.1 Å². The number of Topliss-reactive ketones (excluding diaryl/α,β-unsaturated/α-hetero) is 1. The summed E-state index contributed by atoms with van der Waals surface area (Å²) in [5.74, 6) is -0.536. The maximum absolute atomic E-state index is 13.3. The zero-order valence-corrected chi connectivity index (χ0v) is 24.0. The fourth-order valence-corrected chi connectivity index (χ4v) is 5.78. The maximum Gasteiger partial charge on any atom is 0.340 e. The lowest BCUT2D eigenvalue weighted by molar-refractivity contribution is -0.384. The van der Waals surface area contributed by atoms with Gasteiger partial charge in [-0.1, -0.05) is 60.7 Å². The van der Waals surface area contributed by atoms with E-state index in [2.05, 4.69) is 21.6 Å². The molecule has 5 rings (SSSR count). The summed E-state index contributed by atoms with van der Waals surface area (Å²) in [4.78, 5) is 39.5. The van der Waals surface area contributed by atoms with Crippen LogP contribution in [0.5, 0.6) is 0 Å². The smallest absolute Gasteiger partial charge is 0.340 e. The number of nitro benzene ring substituents is 1. The number of aromatic nitrogens is 1. The average molecular weight is 566 g/mol. The number of nitro groups is 1. The Balaban J connectivity index is 1.27. The van der Waals surface area contributed by atoms with Gasteiger partial charge < -0.3 is 14.2 Å². The van der Waals surface area contributed by atoms with Crippen LogP contribution in [0.15, 0.2) is 84.9 Å². The molecule has 0 aliphatic carbocycles. The van der Waals surface area contributed by atoms with Crippen molar-refractivity contribution in [1.29, 1.82) is 0 Å². The summed E-state index contributed by atoms with van der Waals surface area (Å²) in [5.41, 5.74) is 5.16. The maximum atomic E-state index is 13.3. The van der Waals surface area contributed by atoms with Crippen LogP contribution in [0.3, 0.4) is 0 Å². The van der Waals surface area contributed by atoms with Gasteiger partial charge in [0, 0.05) is 48.7 Å². The van der Waals surface area contributed by atoms with E-state index in [1.54, 1.807) is 6.07 Å². The second kappa shape index (κ2) is 12.9. The molecule has 2 heterocycles. The van der Waals surface area contributed by atoms with Gasteiger partial charge in [0.15, 0.2) is 6.61 Å². The van der Waals surface area contributed by atoms with Crippen molar-refractivity contribution in [3.8, 4) is 0 Å². The Kier molecular flexibility index (Phi) is 8.81. The number of hydrogen-bond donors (Lipinski definition) is 0. The van der Waals surface area contributed by atoms with E-state index in [0.717, 1.165) is 49.3 Å². The number of esters is 1.